The smallest absolute Gasteiger partial charge is 0.264 e. The lowest BCUT2D eigenvalue weighted by atomic mass is 10.2. The summed E-state index contributed by atoms with van der Waals surface area (Å²) in [4.78, 5) is 12.0. The molecule has 7 heteroatoms. The molecule has 0 aromatic heterocycles. The predicted octanol–water partition coefficient (Wildman–Crippen LogP) is 2.79. The average molecular weight is 350 g/mol. The Morgan fingerprint density at radius 1 is 1.12 bits per heavy atom. The maximum Gasteiger partial charge on any atom is 0.264 e. The predicted molar refractivity (Wildman–Crippen MR) is 91.0 cm³/mol. The van der Waals surface area contributed by atoms with Crippen LogP contribution in [0.1, 0.15) is 24.2 Å². The van der Waals surface area contributed by atoms with E-state index in [2.05, 4.69) is 5.32 Å². The van der Waals surface area contributed by atoms with Gasteiger partial charge in [0.15, 0.2) is 0 Å². The third-order valence-electron chi connectivity index (χ3n) is 3.37. The van der Waals surface area contributed by atoms with Gasteiger partial charge in [0.2, 0.25) is 0 Å². The molecule has 2 rings (SSSR count). The van der Waals surface area contributed by atoms with Gasteiger partial charge in [0, 0.05) is 18.7 Å². The molecule has 0 unspecified atom stereocenters. The fraction of sp³-hybridized carbons (Fsp3) is 0.235. The summed E-state index contributed by atoms with van der Waals surface area (Å²) < 4.78 is 40.1. The van der Waals surface area contributed by atoms with E-state index in [1.165, 1.54) is 49.5 Å². The lowest BCUT2D eigenvalue weighted by molar-refractivity contribution is 0.0943. The first-order valence-electron chi connectivity index (χ1n) is 7.38. The highest BCUT2D eigenvalue weighted by atomic mass is 32.2. The standard InChI is InChI=1S/C17H19FN2O3S/c1-12(2)19-17(21)13-7-6-8-14(11-13)24(22,23)20(3)16-10-5-4-9-15(16)18/h4-12H,1-3H3,(H,19,21). The minimum absolute atomic E-state index is 0.0606. The van der Waals surface area contributed by atoms with Gasteiger partial charge in [0.25, 0.3) is 15.9 Å². The highest BCUT2D eigenvalue weighted by Gasteiger charge is 2.24. The van der Waals surface area contributed by atoms with Crippen LogP contribution < -0.4 is 9.62 Å². The second kappa shape index (κ2) is 7.00. The molecule has 0 atom stereocenters. The topological polar surface area (TPSA) is 66.5 Å². The molecule has 0 aliphatic carbocycles. The van der Waals surface area contributed by atoms with E-state index in [0.29, 0.717) is 0 Å². The van der Waals surface area contributed by atoms with E-state index in [9.17, 15) is 17.6 Å². The Morgan fingerprint density at radius 3 is 2.42 bits per heavy atom. The van der Waals surface area contributed by atoms with E-state index in [0.717, 1.165) is 4.31 Å². The number of anilines is 1. The van der Waals surface area contributed by atoms with Crippen molar-refractivity contribution in [3.63, 3.8) is 0 Å². The number of amides is 1. The number of nitrogens with one attached hydrogen (secondary N) is 1. The monoisotopic (exact) mass is 350 g/mol. The summed E-state index contributed by atoms with van der Waals surface area (Å²) in [5.41, 5.74) is 0.168. The van der Waals surface area contributed by atoms with Crippen LogP contribution in [0.3, 0.4) is 0 Å². The van der Waals surface area contributed by atoms with Gasteiger partial charge in [-0.05, 0) is 44.2 Å². The highest BCUT2D eigenvalue weighted by Crippen LogP contribution is 2.24. The summed E-state index contributed by atoms with van der Waals surface area (Å²) in [6, 6.07) is 11.2. The van der Waals surface area contributed by atoms with E-state index >= 15 is 0 Å². The minimum Gasteiger partial charge on any atom is -0.350 e. The number of benzene rings is 2. The quantitative estimate of drug-likeness (QED) is 0.902. The molecule has 0 heterocycles. The second-order valence-electron chi connectivity index (χ2n) is 5.58. The molecule has 0 aliphatic rings. The Kier molecular flexibility index (Phi) is 5.23. The number of carbonyl (C=O) groups excluding carboxylic acids is 1. The highest BCUT2D eigenvalue weighted by molar-refractivity contribution is 7.92. The first kappa shape index (κ1) is 17.9. The van der Waals surface area contributed by atoms with Crippen LogP contribution in [-0.4, -0.2) is 27.4 Å². The second-order valence-corrected chi connectivity index (χ2v) is 7.55. The zero-order valence-corrected chi connectivity index (χ0v) is 14.5. The van der Waals surface area contributed by atoms with Crippen molar-refractivity contribution in [1.82, 2.24) is 5.32 Å². The van der Waals surface area contributed by atoms with Crippen LogP contribution in [0.2, 0.25) is 0 Å². The Hall–Kier alpha value is -2.41. The number of hydrogen-bond donors (Lipinski definition) is 1. The van der Waals surface area contributed by atoms with Crippen molar-refractivity contribution in [2.24, 2.45) is 0 Å². The summed E-state index contributed by atoms with van der Waals surface area (Å²) >= 11 is 0. The van der Waals surface area contributed by atoms with Crippen LogP contribution in [0, 0.1) is 5.82 Å². The van der Waals surface area contributed by atoms with Crippen molar-refractivity contribution >= 4 is 21.6 Å². The van der Waals surface area contributed by atoms with E-state index in [1.807, 2.05) is 13.8 Å². The number of carbonyl (C=O) groups is 1. The molecule has 0 bridgehead atoms. The van der Waals surface area contributed by atoms with Crippen LogP contribution >= 0.6 is 0 Å². The van der Waals surface area contributed by atoms with Crippen LogP contribution in [-0.2, 0) is 10.0 Å². The molecule has 5 nitrogen and oxygen atoms in total. The summed E-state index contributed by atoms with van der Waals surface area (Å²) in [6.07, 6.45) is 0. The molecule has 0 aliphatic heterocycles. The van der Waals surface area contributed by atoms with Gasteiger partial charge in [-0.25, -0.2) is 12.8 Å². The first-order chi connectivity index (χ1) is 11.2. The van der Waals surface area contributed by atoms with Crippen molar-refractivity contribution in [2.45, 2.75) is 24.8 Å². The van der Waals surface area contributed by atoms with Gasteiger partial charge in [-0.1, -0.05) is 18.2 Å². The molecule has 0 saturated heterocycles. The molecule has 0 spiro atoms. The Labute approximate surface area is 141 Å². The van der Waals surface area contributed by atoms with Gasteiger partial charge in [0.05, 0.1) is 10.6 Å². The summed E-state index contributed by atoms with van der Waals surface area (Å²) in [7, 11) is -2.71. The fourth-order valence-corrected chi connectivity index (χ4v) is 3.39. The third kappa shape index (κ3) is 3.73. The zero-order chi connectivity index (χ0) is 17.9. The van der Waals surface area contributed by atoms with Gasteiger partial charge >= 0.3 is 0 Å². The lowest BCUT2D eigenvalue weighted by Crippen LogP contribution is -2.31. The van der Waals surface area contributed by atoms with E-state index in [4.69, 9.17) is 0 Å². The largest absolute Gasteiger partial charge is 0.350 e. The molecule has 2 aromatic carbocycles. The van der Waals surface area contributed by atoms with Crippen LogP contribution in [0.25, 0.3) is 0 Å². The molecule has 1 amide bonds. The number of rotatable bonds is 5. The van der Waals surface area contributed by atoms with Crippen molar-refractivity contribution in [3.05, 3.63) is 59.9 Å². The van der Waals surface area contributed by atoms with Gasteiger partial charge in [-0.2, -0.15) is 0 Å². The molecule has 128 valence electrons. The maximum absolute atomic E-state index is 13.9. The number of nitrogens with zero attached hydrogens (tertiary/aromatic N) is 1. The molecule has 2 aromatic rings. The number of sulfonamides is 1. The van der Waals surface area contributed by atoms with Gasteiger partial charge in [0.1, 0.15) is 5.82 Å². The SMILES string of the molecule is CC(C)NC(=O)c1cccc(S(=O)(=O)N(C)c2ccccc2F)c1. The van der Waals surface area contributed by atoms with Crippen molar-refractivity contribution < 1.29 is 17.6 Å². The van der Waals surface area contributed by atoms with Crippen molar-refractivity contribution in [3.8, 4) is 0 Å². The van der Waals surface area contributed by atoms with Gasteiger partial charge in [-0.15, -0.1) is 0 Å². The van der Waals surface area contributed by atoms with E-state index in [1.54, 1.807) is 6.07 Å². The first-order valence-corrected chi connectivity index (χ1v) is 8.82. The number of para-hydroxylation sites is 1. The Morgan fingerprint density at radius 2 is 1.79 bits per heavy atom. The van der Waals surface area contributed by atoms with Crippen LogP contribution in [0.5, 0.6) is 0 Å². The Bertz CT molecular complexity index is 850. The van der Waals surface area contributed by atoms with Crippen molar-refractivity contribution in [2.75, 3.05) is 11.4 Å². The number of halogens is 1. The molecule has 0 saturated carbocycles. The van der Waals surface area contributed by atoms with Crippen LogP contribution in [0.15, 0.2) is 53.4 Å². The molecule has 24 heavy (non-hydrogen) atoms. The molecule has 1 N–H and O–H groups in total. The molecular weight excluding hydrogens is 331 g/mol. The van der Waals surface area contributed by atoms with Crippen molar-refractivity contribution in [1.29, 1.82) is 0 Å². The lowest BCUT2D eigenvalue weighted by Gasteiger charge is -2.20. The fourth-order valence-electron chi connectivity index (χ4n) is 2.14. The molecule has 0 radical (unpaired) electrons. The third-order valence-corrected chi connectivity index (χ3v) is 5.13. The molecule has 0 fully saturated rings. The van der Waals surface area contributed by atoms with E-state index < -0.39 is 15.8 Å². The van der Waals surface area contributed by atoms with Gasteiger partial charge in [-0.3, -0.25) is 9.10 Å². The summed E-state index contributed by atoms with van der Waals surface area (Å²) in [6.45, 7) is 3.62. The van der Waals surface area contributed by atoms with Crippen LogP contribution in [0.4, 0.5) is 10.1 Å². The normalized spacial score (nSPS) is 11.4. The molecular formula is C17H19FN2O3S. The summed E-state index contributed by atoms with van der Waals surface area (Å²) in [5, 5.41) is 2.70. The van der Waals surface area contributed by atoms with Gasteiger partial charge < -0.3 is 5.32 Å². The van der Waals surface area contributed by atoms with E-state index in [-0.39, 0.29) is 28.1 Å². The number of hydrogen-bond acceptors (Lipinski definition) is 3. The Balaban J connectivity index is 2.40. The summed E-state index contributed by atoms with van der Waals surface area (Å²) in [5.74, 6) is -1.01. The zero-order valence-electron chi connectivity index (χ0n) is 13.7. The average Bonchev–Trinajstić information content (AvgIpc) is 2.54. The minimum atomic E-state index is -3.99. The maximum atomic E-state index is 13.9.